The van der Waals surface area contributed by atoms with Gasteiger partial charge in [-0.3, -0.25) is 0 Å². The molecule has 2 atom stereocenters. The van der Waals surface area contributed by atoms with E-state index in [1.807, 2.05) is 42.6 Å². The topological polar surface area (TPSA) is 58.3 Å². The first-order valence-corrected chi connectivity index (χ1v) is 12.9. The lowest BCUT2D eigenvalue weighted by Gasteiger charge is -2.52. The van der Waals surface area contributed by atoms with E-state index in [0.29, 0.717) is 18.4 Å². The van der Waals surface area contributed by atoms with E-state index in [4.69, 9.17) is 9.15 Å². The molecule has 1 saturated carbocycles. The van der Waals surface area contributed by atoms with Crippen molar-refractivity contribution < 1.29 is 18.7 Å². The Bertz CT molecular complexity index is 912. The van der Waals surface area contributed by atoms with Gasteiger partial charge in [-0.2, -0.15) is 0 Å². The van der Waals surface area contributed by atoms with Crippen molar-refractivity contribution in [2.75, 3.05) is 32.8 Å². The molecule has 0 spiro atoms. The Morgan fingerprint density at radius 2 is 1.88 bits per heavy atom. The Morgan fingerprint density at radius 3 is 2.61 bits per heavy atom. The van der Waals surface area contributed by atoms with E-state index >= 15 is 0 Å². The molecule has 1 aliphatic carbocycles. The Kier molecular flexibility index (Phi) is 6.73. The van der Waals surface area contributed by atoms with Gasteiger partial charge in [0.05, 0.1) is 39.0 Å². The SMILES string of the molecule is C=CCOCC1C[N+]2(Cc3cnc([C@]([O-])(c4ccccc4)C4CCCCC4)o3)CCC1CC2. The number of rotatable bonds is 9. The van der Waals surface area contributed by atoms with Crippen LogP contribution in [0.4, 0.5) is 0 Å². The lowest BCUT2D eigenvalue weighted by molar-refractivity contribution is -0.960. The molecule has 0 radical (unpaired) electrons. The number of aromatic nitrogens is 1. The number of quaternary nitrogens is 1. The fourth-order valence-corrected chi connectivity index (χ4v) is 6.76. The summed E-state index contributed by atoms with van der Waals surface area (Å²) in [5, 5.41) is 14.5. The van der Waals surface area contributed by atoms with Gasteiger partial charge in [-0.1, -0.05) is 68.5 Å². The smallest absolute Gasteiger partial charge is 0.188 e. The summed E-state index contributed by atoms with van der Waals surface area (Å²) in [5.41, 5.74) is -0.619. The highest BCUT2D eigenvalue weighted by Crippen LogP contribution is 2.43. The van der Waals surface area contributed by atoms with Gasteiger partial charge in [0.25, 0.3) is 0 Å². The Morgan fingerprint density at radius 1 is 1.12 bits per heavy atom. The Labute approximate surface area is 198 Å². The third-order valence-electron chi connectivity index (χ3n) is 8.55. The lowest BCUT2D eigenvalue weighted by Crippen LogP contribution is -2.61. The minimum Gasteiger partial charge on any atom is -0.839 e. The third-order valence-corrected chi connectivity index (χ3v) is 8.55. The maximum atomic E-state index is 14.5. The van der Waals surface area contributed by atoms with E-state index in [0.717, 1.165) is 67.1 Å². The molecule has 2 aromatic rings. The summed E-state index contributed by atoms with van der Waals surface area (Å²) in [5.74, 6) is 2.64. The molecule has 33 heavy (non-hydrogen) atoms. The van der Waals surface area contributed by atoms with Gasteiger partial charge in [-0.25, -0.2) is 4.98 Å². The predicted molar refractivity (Wildman–Crippen MR) is 126 cm³/mol. The van der Waals surface area contributed by atoms with Gasteiger partial charge in [-0.15, -0.1) is 6.58 Å². The van der Waals surface area contributed by atoms with Crippen LogP contribution in [0.5, 0.6) is 0 Å². The van der Waals surface area contributed by atoms with Crippen molar-refractivity contribution in [3.8, 4) is 0 Å². The van der Waals surface area contributed by atoms with Crippen LogP contribution in [0.1, 0.15) is 62.2 Å². The zero-order chi connectivity index (χ0) is 22.7. The van der Waals surface area contributed by atoms with Crippen LogP contribution in [0.15, 0.2) is 53.6 Å². The second-order valence-corrected chi connectivity index (χ2v) is 10.6. The molecule has 3 aliphatic heterocycles. The molecule has 5 heteroatoms. The Balaban J connectivity index is 1.36. The minimum atomic E-state index is -1.41. The quantitative estimate of drug-likeness (QED) is 0.322. The lowest BCUT2D eigenvalue weighted by atomic mass is 9.73. The van der Waals surface area contributed by atoms with Crippen LogP contribution in [-0.4, -0.2) is 42.3 Å². The second kappa shape index (κ2) is 9.73. The highest BCUT2D eigenvalue weighted by atomic mass is 16.5. The monoisotopic (exact) mass is 450 g/mol. The molecule has 1 aromatic heterocycles. The maximum Gasteiger partial charge on any atom is 0.188 e. The zero-order valence-electron chi connectivity index (χ0n) is 19.8. The van der Waals surface area contributed by atoms with Crippen molar-refractivity contribution in [1.82, 2.24) is 4.98 Å². The number of fused-ring (bicyclic) bond motifs is 3. The largest absolute Gasteiger partial charge is 0.839 e. The number of benzene rings is 1. The third kappa shape index (κ3) is 4.55. The molecule has 4 fully saturated rings. The average Bonchev–Trinajstić information content (AvgIpc) is 3.34. The fourth-order valence-electron chi connectivity index (χ4n) is 6.76. The normalized spacial score (nSPS) is 29.6. The van der Waals surface area contributed by atoms with Gasteiger partial charge in [0, 0.05) is 18.8 Å². The van der Waals surface area contributed by atoms with Gasteiger partial charge >= 0.3 is 0 Å². The van der Waals surface area contributed by atoms with Crippen LogP contribution >= 0.6 is 0 Å². The van der Waals surface area contributed by atoms with E-state index in [-0.39, 0.29) is 5.92 Å². The van der Waals surface area contributed by atoms with E-state index in [1.54, 1.807) is 0 Å². The summed E-state index contributed by atoms with van der Waals surface area (Å²) in [6.45, 7) is 9.53. The standard InChI is InChI=1S/C28H38N2O3/c1-2-17-32-21-23-19-30(15-13-22(23)14-16-30)20-26-18-29-27(33-26)28(31,24-9-5-3-6-10-24)25-11-7-4-8-12-25/h2-3,5-6,9-10,18,22-23,25H,1,4,7-8,11-17,19-21H2/t22?,23?,28-,30?/m0/s1. The summed E-state index contributed by atoms with van der Waals surface area (Å²) in [6.07, 6.45) is 11.5. The summed E-state index contributed by atoms with van der Waals surface area (Å²) >= 11 is 0. The van der Waals surface area contributed by atoms with Gasteiger partial charge in [0.2, 0.25) is 0 Å². The molecule has 1 aromatic carbocycles. The van der Waals surface area contributed by atoms with Crippen molar-refractivity contribution in [1.29, 1.82) is 0 Å². The highest BCUT2D eigenvalue weighted by Gasteiger charge is 2.46. The molecular weight excluding hydrogens is 412 g/mol. The van der Waals surface area contributed by atoms with Gasteiger partial charge in [0.15, 0.2) is 11.7 Å². The predicted octanol–water partition coefficient (Wildman–Crippen LogP) is 4.42. The molecule has 6 rings (SSSR count). The van der Waals surface area contributed by atoms with Gasteiger partial charge < -0.3 is 18.7 Å². The van der Waals surface area contributed by atoms with Crippen molar-refractivity contribution in [2.24, 2.45) is 17.8 Å². The number of hydrogen-bond donors (Lipinski definition) is 0. The van der Waals surface area contributed by atoms with Crippen molar-refractivity contribution >= 4 is 0 Å². The van der Waals surface area contributed by atoms with Crippen molar-refractivity contribution in [3.63, 3.8) is 0 Å². The number of piperidine rings is 3. The first-order valence-electron chi connectivity index (χ1n) is 12.9. The van der Waals surface area contributed by atoms with Crippen molar-refractivity contribution in [3.05, 3.63) is 66.4 Å². The highest BCUT2D eigenvalue weighted by molar-refractivity contribution is 5.29. The van der Waals surface area contributed by atoms with E-state index in [1.165, 1.54) is 32.4 Å². The number of nitrogens with zero attached hydrogens (tertiary/aromatic N) is 2. The van der Waals surface area contributed by atoms with Crippen LogP contribution < -0.4 is 5.11 Å². The fraction of sp³-hybridized carbons (Fsp3) is 0.607. The molecule has 5 nitrogen and oxygen atoms in total. The molecule has 1 unspecified atom stereocenters. The van der Waals surface area contributed by atoms with Gasteiger partial charge in [-0.05, 0) is 23.0 Å². The summed E-state index contributed by atoms with van der Waals surface area (Å²) in [7, 11) is 0. The molecule has 0 amide bonds. The summed E-state index contributed by atoms with van der Waals surface area (Å²) in [6, 6.07) is 9.79. The van der Waals surface area contributed by atoms with Crippen LogP contribution in [0.3, 0.4) is 0 Å². The molecule has 3 saturated heterocycles. The van der Waals surface area contributed by atoms with Crippen LogP contribution in [-0.2, 0) is 16.9 Å². The zero-order valence-corrected chi connectivity index (χ0v) is 19.8. The number of ether oxygens (including phenoxy) is 1. The number of hydrogen-bond acceptors (Lipinski definition) is 4. The molecular formula is C28H38N2O3. The maximum absolute atomic E-state index is 14.5. The van der Waals surface area contributed by atoms with Gasteiger partial charge in [0.1, 0.15) is 6.54 Å². The molecule has 4 aliphatic rings. The second-order valence-electron chi connectivity index (χ2n) is 10.6. The molecule has 2 bridgehead atoms. The van der Waals surface area contributed by atoms with E-state index in [9.17, 15) is 5.11 Å². The number of oxazole rings is 1. The van der Waals surface area contributed by atoms with Crippen LogP contribution in [0, 0.1) is 17.8 Å². The summed E-state index contributed by atoms with van der Waals surface area (Å²) < 4.78 is 13.2. The van der Waals surface area contributed by atoms with Crippen molar-refractivity contribution in [2.45, 2.75) is 57.1 Å². The first-order chi connectivity index (χ1) is 16.1. The average molecular weight is 451 g/mol. The van der Waals surface area contributed by atoms with E-state index in [2.05, 4.69) is 11.6 Å². The van der Waals surface area contributed by atoms with E-state index < -0.39 is 5.60 Å². The van der Waals surface area contributed by atoms with Crippen LogP contribution in [0.25, 0.3) is 0 Å². The minimum absolute atomic E-state index is 0.0318. The first kappa shape index (κ1) is 22.8. The molecule has 4 heterocycles. The molecule has 178 valence electrons. The Hall–Kier alpha value is -1.95. The van der Waals surface area contributed by atoms with Crippen LogP contribution in [0.2, 0.25) is 0 Å². The summed E-state index contributed by atoms with van der Waals surface area (Å²) in [4.78, 5) is 4.64. The molecule has 0 N–H and O–H groups in total.